The molecule has 1 atom stereocenters. The predicted octanol–water partition coefficient (Wildman–Crippen LogP) is 1.15. The molecule has 1 aromatic carbocycles. The zero-order valence-electron chi connectivity index (χ0n) is 8.16. The van der Waals surface area contributed by atoms with Gasteiger partial charge in [-0.3, -0.25) is 0 Å². The highest BCUT2D eigenvalue weighted by molar-refractivity contribution is 5.71. The Morgan fingerprint density at radius 3 is 2.93 bits per heavy atom. The molecule has 3 rings (SSSR count). The summed E-state index contributed by atoms with van der Waals surface area (Å²) >= 11 is 0. The van der Waals surface area contributed by atoms with Gasteiger partial charge in [0, 0.05) is 0 Å². The third kappa shape index (κ3) is 1.22. The first kappa shape index (κ1) is 8.73. The smallest absolute Gasteiger partial charge is 0.408 e. The van der Waals surface area contributed by atoms with E-state index >= 15 is 0 Å². The van der Waals surface area contributed by atoms with Crippen LogP contribution in [0.15, 0.2) is 24.3 Å². The van der Waals surface area contributed by atoms with Crippen molar-refractivity contribution < 1.29 is 14.3 Å². The fraction of sp³-hybridized carbons (Fsp3) is 0.364. The van der Waals surface area contributed by atoms with Gasteiger partial charge in [-0.05, 0) is 11.1 Å². The van der Waals surface area contributed by atoms with Gasteiger partial charge in [0.05, 0.1) is 13.2 Å². The third-order valence-corrected chi connectivity index (χ3v) is 2.93. The average molecular weight is 205 g/mol. The topological polar surface area (TPSA) is 47.6 Å². The van der Waals surface area contributed by atoms with Crippen molar-refractivity contribution in [3.63, 3.8) is 0 Å². The summed E-state index contributed by atoms with van der Waals surface area (Å²) in [4.78, 5) is 11.1. The molecule has 0 bridgehead atoms. The van der Waals surface area contributed by atoms with E-state index in [0.29, 0.717) is 19.8 Å². The molecule has 1 aromatic rings. The lowest BCUT2D eigenvalue weighted by molar-refractivity contribution is 0.0387. The second-order valence-electron chi connectivity index (χ2n) is 3.93. The molecule has 4 heteroatoms. The lowest BCUT2D eigenvalue weighted by atomic mass is 9.87. The number of alkyl carbamates (subject to hydrolysis) is 1. The van der Waals surface area contributed by atoms with E-state index in [1.807, 2.05) is 24.3 Å². The summed E-state index contributed by atoms with van der Waals surface area (Å²) in [6.07, 6.45) is -0.365. The molecule has 15 heavy (non-hydrogen) atoms. The fourth-order valence-electron chi connectivity index (χ4n) is 2.21. The van der Waals surface area contributed by atoms with Crippen LogP contribution in [0.4, 0.5) is 4.79 Å². The molecule has 1 unspecified atom stereocenters. The standard InChI is InChI=1S/C11H11NO3/c13-10-12-11(7-15-10)6-14-5-8-3-1-2-4-9(8)11/h1-4H,5-7H2,(H,12,13). The van der Waals surface area contributed by atoms with Crippen molar-refractivity contribution in [3.8, 4) is 0 Å². The number of benzene rings is 1. The number of cyclic esters (lactones) is 1. The maximum atomic E-state index is 11.1. The monoisotopic (exact) mass is 205 g/mol. The van der Waals surface area contributed by atoms with Crippen molar-refractivity contribution in [2.24, 2.45) is 0 Å². The van der Waals surface area contributed by atoms with Crippen LogP contribution in [-0.4, -0.2) is 19.3 Å². The third-order valence-electron chi connectivity index (χ3n) is 2.93. The maximum Gasteiger partial charge on any atom is 0.408 e. The van der Waals surface area contributed by atoms with Gasteiger partial charge < -0.3 is 14.8 Å². The number of fused-ring (bicyclic) bond motifs is 2. The van der Waals surface area contributed by atoms with E-state index < -0.39 is 5.54 Å². The molecule has 4 nitrogen and oxygen atoms in total. The second-order valence-corrected chi connectivity index (χ2v) is 3.93. The molecule has 78 valence electrons. The minimum absolute atomic E-state index is 0.350. The van der Waals surface area contributed by atoms with Crippen LogP contribution in [0.1, 0.15) is 11.1 Å². The molecule has 0 aliphatic carbocycles. The number of carbonyl (C=O) groups excluding carboxylic acids is 1. The van der Waals surface area contributed by atoms with Crippen molar-refractivity contribution in [3.05, 3.63) is 35.4 Å². The highest BCUT2D eigenvalue weighted by Crippen LogP contribution is 2.33. The molecule has 2 heterocycles. The second kappa shape index (κ2) is 2.97. The van der Waals surface area contributed by atoms with Gasteiger partial charge in [0.2, 0.25) is 0 Å². The lowest BCUT2D eigenvalue weighted by Gasteiger charge is -2.33. The Balaban J connectivity index is 2.09. The van der Waals surface area contributed by atoms with Gasteiger partial charge in [0.1, 0.15) is 12.1 Å². The molecular weight excluding hydrogens is 194 g/mol. The Bertz CT molecular complexity index is 418. The summed E-state index contributed by atoms with van der Waals surface area (Å²) in [6.45, 7) is 1.44. The molecule has 0 saturated carbocycles. The van der Waals surface area contributed by atoms with Crippen LogP contribution in [0, 0.1) is 0 Å². The summed E-state index contributed by atoms with van der Waals surface area (Å²) in [5, 5.41) is 2.84. The van der Waals surface area contributed by atoms with Gasteiger partial charge in [-0.15, -0.1) is 0 Å². The van der Waals surface area contributed by atoms with E-state index in [4.69, 9.17) is 9.47 Å². The van der Waals surface area contributed by atoms with Crippen LogP contribution in [0.25, 0.3) is 0 Å². The Morgan fingerprint density at radius 2 is 2.13 bits per heavy atom. The number of amides is 1. The van der Waals surface area contributed by atoms with Crippen LogP contribution in [-0.2, 0) is 21.6 Å². The number of carbonyl (C=O) groups is 1. The molecule has 0 aromatic heterocycles. The number of ether oxygens (including phenoxy) is 2. The zero-order valence-corrected chi connectivity index (χ0v) is 8.16. The number of nitrogens with one attached hydrogen (secondary N) is 1. The van der Waals surface area contributed by atoms with Crippen LogP contribution in [0.3, 0.4) is 0 Å². The van der Waals surface area contributed by atoms with Crippen LogP contribution >= 0.6 is 0 Å². The predicted molar refractivity (Wildman–Crippen MR) is 52.3 cm³/mol. The number of hydrogen-bond acceptors (Lipinski definition) is 3. The minimum Gasteiger partial charge on any atom is -0.447 e. The van der Waals surface area contributed by atoms with Gasteiger partial charge in [0.15, 0.2) is 0 Å². The fourth-order valence-corrected chi connectivity index (χ4v) is 2.21. The number of hydrogen-bond donors (Lipinski definition) is 1. The summed E-state index contributed by atoms with van der Waals surface area (Å²) in [5.74, 6) is 0. The van der Waals surface area contributed by atoms with E-state index in [1.165, 1.54) is 0 Å². The van der Waals surface area contributed by atoms with Crippen LogP contribution in [0.5, 0.6) is 0 Å². The SMILES string of the molecule is O=C1NC2(COCc3ccccc32)CO1. The van der Waals surface area contributed by atoms with Gasteiger partial charge in [-0.2, -0.15) is 0 Å². The highest BCUT2D eigenvalue weighted by atomic mass is 16.6. The molecule has 1 N–H and O–H groups in total. The summed E-state index contributed by atoms with van der Waals surface area (Å²) in [7, 11) is 0. The van der Waals surface area contributed by atoms with E-state index in [1.54, 1.807) is 0 Å². The molecule has 0 radical (unpaired) electrons. The van der Waals surface area contributed by atoms with Crippen molar-refractivity contribution >= 4 is 6.09 Å². The first-order valence-corrected chi connectivity index (χ1v) is 4.91. The molecule has 1 fully saturated rings. The first-order chi connectivity index (χ1) is 7.30. The summed E-state index contributed by atoms with van der Waals surface area (Å²) in [6, 6.07) is 7.97. The van der Waals surface area contributed by atoms with Crippen molar-refractivity contribution in [1.82, 2.24) is 5.32 Å². The molecule has 2 aliphatic heterocycles. The van der Waals surface area contributed by atoms with Gasteiger partial charge in [-0.1, -0.05) is 24.3 Å². The lowest BCUT2D eigenvalue weighted by Crippen LogP contribution is -2.47. The molecule has 1 amide bonds. The highest BCUT2D eigenvalue weighted by Gasteiger charge is 2.44. The van der Waals surface area contributed by atoms with Gasteiger partial charge >= 0.3 is 6.09 Å². The normalized spacial score (nSPS) is 28.4. The summed E-state index contributed by atoms with van der Waals surface area (Å²) in [5.41, 5.74) is 1.77. The Labute approximate surface area is 87.2 Å². The zero-order chi connectivity index (χ0) is 10.3. The maximum absolute atomic E-state index is 11.1. The van der Waals surface area contributed by atoms with Crippen molar-refractivity contribution in [2.75, 3.05) is 13.2 Å². The molecular formula is C11H11NO3. The Hall–Kier alpha value is -1.55. The molecule has 1 spiro atoms. The van der Waals surface area contributed by atoms with E-state index in [0.717, 1.165) is 11.1 Å². The Morgan fingerprint density at radius 1 is 1.27 bits per heavy atom. The van der Waals surface area contributed by atoms with Gasteiger partial charge in [-0.25, -0.2) is 4.79 Å². The molecule has 2 aliphatic rings. The largest absolute Gasteiger partial charge is 0.447 e. The average Bonchev–Trinajstić information content (AvgIpc) is 2.62. The van der Waals surface area contributed by atoms with Crippen molar-refractivity contribution in [1.29, 1.82) is 0 Å². The van der Waals surface area contributed by atoms with Crippen molar-refractivity contribution in [2.45, 2.75) is 12.1 Å². The first-order valence-electron chi connectivity index (χ1n) is 4.91. The summed E-state index contributed by atoms with van der Waals surface area (Å²) < 4.78 is 10.5. The van der Waals surface area contributed by atoms with E-state index in [-0.39, 0.29) is 6.09 Å². The Kier molecular flexibility index (Phi) is 1.73. The van der Waals surface area contributed by atoms with Crippen LogP contribution in [0.2, 0.25) is 0 Å². The van der Waals surface area contributed by atoms with E-state index in [9.17, 15) is 4.79 Å². The van der Waals surface area contributed by atoms with Gasteiger partial charge in [0.25, 0.3) is 0 Å². The number of rotatable bonds is 0. The molecule has 1 saturated heterocycles. The quantitative estimate of drug-likeness (QED) is 0.691. The van der Waals surface area contributed by atoms with Crippen LogP contribution < -0.4 is 5.32 Å². The minimum atomic E-state index is -0.466. The van der Waals surface area contributed by atoms with E-state index in [2.05, 4.69) is 5.32 Å².